The van der Waals surface area contributed by atoms with E-state index in [1.807, 2.05) is 0 Å². The van der Waals surface area contributed by atoms with Gasteiger partial charge in [0.1, 0.15) is 5.82 Å². The topological polar surface area (TPSA) is 86.2 Å². The van der Waals surface area contributed by atoms with Crippen LogP contribution in [0.5, 0.6) is 0 Å². The molecule has 0 atom stereocenters. The van der Waals surface area contributed by atoms with Gasteiger partial charge in [-0.05, 0) is 30.2 Å². The summed E-state index contributed by atoms with van der Waals surface area (Å²) in [5.74, 6) is -1.80. The number of hydrogen-bond acceptors (Lipinski definition) is 2. The van der Waals surface area contributed by atoms with E-state index < -0.39 is 17.6 Å². The number of primary amides is 2. The highest BCUT2D eigenvalue weighted by Crippen LogP contribution is 2.32. The standard InChI is InChI=1S/C16H15FN2O2/c1-2-9-10(15(18)20)7-8-12(16(19)21)14(9)11-5-3-4-6-13(11)17/h3-8H,2H2,1H3,(H2,18,20)(H2,19,21). The first-order valence-corrected chi connectivity index (χ1v) is 6.47. The first kappa shape index (κ1) is 14.7. The van der Waals surface area contributed by atoms with Crippen molar-refractivity contribution in [3.05, 3.63) is 58.9 Å². The van der Waals surface area contributed by atoms with Crippen LogP contribution in [-0.2, 0) is 6.42 Å². The van der Waals surface area contributed by atoms with Gasteiger partial charge < -0.3 is 11.5 Å². The van der Waals surface area contributed by atoms with E-state index >= 15 is 0 Å². The number of rotatable bonds is 4. The minimum atomic E-state index is -0.682. The highest BCUT2D eigenvalue weighted by atomic mass is 19.1. The van der Waals surface area contributed by atoms with E-state index in [1.165, 1.54) is 18.2 Å². The van der Waals surface area contributed by atoms with Crippen molar-refractivity contribution in [1.82, 2.24) is 0 Å². The summed E-state index contributed by atoms with van der Waals surface area (Å²) in [6.07, 6.45) is 0.420. The van der Waals surface area contributed by atoms with Gasteiger partial charge in [-0.2, -0.15) is 0 Å². The number of carbonyl (C=O) groups excluding carboxylic acids is 2. The van der Waals surface area contributed by atoms with Crippen molar-refractivity contribution < 1.29 is 14.0 Å². The number of amides is 2. The molecular formula is C16H15FN2O2. The molecule has 108 valence electrons. The van der Waals surface area contributed by atoms with Crippen LogP contribution in [0.15, 0.2) is 36.4 Å². The molecule has 0 heterocycles. The van der Waals surface area contributed by atoms with Crippen molar-refractivity contribution in [2.45, 2.75) is 13.3 Å². The van der Waals surface area contributed by atoms with Crippen molar-refractivity contribution in [2.24, 2.45) is 11.5 Å². The fourth-order valence-corrected chi connectivity index (χ4v) is 2.42. The molecule has 0 saturated heterocycles. The van der Waals surface area contributed by atoms with Crippen molar-refractivity contribution in [3.8, 4) is 11.1 Å². The Morgan fingerprint density at radius 2 is 1.57 bits per heavy atom. The van der Waals surface area contributed by atoms with Gasteiger partial charge >= 0.3 is 0 Å². The smallest absolute Gasteiger partial charge is 0.249 e. The molecule has 0 spiro atoms. The lowest BCUT2D eigenvalue weighted by Crippen LogP contribution is -2.18. The average Bonchev–Trinajstić information content (AvgIpc) is 2.46. The van der Waals surface area contributed by atoms with Gasteiger partial charge in [-0.1, -0.05) is 25.1 Å². The van der Waals surface area contributed by atoms with Gasteiger partial charge in [-0.3, -0.25) is 9.59 Å². The zero-order valence-corrected chi connectivity index (χ0v) is 11.5. The number of carbonyl (C=O) groups is 2. The summed E-state index contributed by atoms with van der Waals surface area (Å²) >= 11 is 0. The normalized spacial score (nSPS) is 10.4. The second kappa shape index (κ2) is 5.75. The first-order chi connectivity index (χ1) is 9.97. The van der Waals surface area contributed by atoms with Crippen molar-refractivity contribution in [3.63, 3.8) is 0 Å². The van der Waals surface area contributed by atoms with Crippen LogP contribution in [0, 0.1) is 5.82 Å². The van der Waals surface area contributed by atoms with Gasteiger partial charge in [0.05, 0.1) is 0 Å². The molecule has 5 heteroatoms. The molecule has 4 nitrogen and oxygen atoms in total. The zero-order valence-electron chi connectivity index (χ0n) is 11.5. The number of halogens is 1. The molecule has 0 aliphatic heterocycles. The molecule has 0 radical (unpaired) electrons. The van der Waals surface area contributed by atoms with Gasteiger partial charge in [0, 0.05) is 22.3 Å². The molecule has 2 rings (SSSR count). The van der Waals surface area contributed by atoms with Gasteiger partial charge in [0.15, 0.2) is 0 Å². The number of nitrogens with two attached hydrogens (primary N) is 2. The maximum Gasteiger partial charge on any atom is 0.249 e. The maximum atomic E-state index is 14.1. The Hall–Kier alpha value is -2.69. The lowest BCUT2D eigenvalue weighted by molar-refractivity contribution is 0.0988. The predicted molar refractivity (Wildman–Crippen MR) is 78.2 cm³/mol. The van der Waals surface area contributed by atoms with Crippen LogP contribution in [0.2, 0.25) is 0 Å². The van der Waals surface area contributed by atoms with Gasteiger partial charge in [-0.25, -0.2) is 4.39 Å². The van der Waals surface area contributed by atoms with E-state index in [9.17, 15) is 14.0 Å². The van der Waals surface area contributed by atoms with Crippen molar-refractivity contribution in [1.29, 1.82) is 0 Å². The SMILES string of the molecule is CCc1c(C(N)=O)ccc(C(N)=O)c1-c1ccccc1F. The third-order valence-electron chi connectivity index (χ3n) is 3.34. The van der Waals surface area contributed by atoms with Crippen molar-refractivity contribution >= 4 is 11.8 Å². The predicted octanol–water partition coefficient (Wildman–Crippen LogP) is 2.25. The molecule has 2 amide bonds. The minimum absolute atomic E-state index is 0.168. The fourth-order valence-electron chi connectivity index (χ4n) is 2.42. The van der Waals surface area contributed by atoms with Crippen LogP contribution in [-0.4, -0.2) is 11.8 Å². The first-order valence-electron chi connectivity index (χ1n) is 6.47. The maximum absolute atomic E-state index is 14.1. The summed E-state index contributed by atoms with van der Waals surface area (Å²) in [5, 5.41) is 0. The Kier molecular flexibility index (Phi) is 4.03. The minimum Gasteiger partial charge on any atom is -0.366 e. The molecule has 0 aromatic heterocycles. The quantitative estimate of drug-likeness (QED) is 0.903. The van der Waals surface area contributed by atoms with E-state index in [-0.39, 0.29) is 16.7 Å². The van der Waals surface area contributed by atoms with E-state index in [1.54, 1.807) is 25.1 Å². The monoisotopic (exact) mass is 286 g/mol. The molecule has 21 heavy (non-hydrogen) atoms. The Morgan fingerprint density at radius 1 is 1.00 bits per heavy atom. The molecular weight excluding hydrogens is 271 g/mol. The van der Waals surface area contributed by atoms with Crippen LogP contribution in [0.3, 0.4) is 0 Å². The molecule has 2 aromatic carbocycles. The van der Waals surface area contributed by atoms with Crippen LogP contribution in [0.4, 0.5) is 4.39 Å². The van der Waals surface area contributed by atoms with Crippen LogP contribution in [0.25, 0.3) is 11.1 Å². The summed E-state index contributed by atoms with van der Waals surface area (Å²) in [5.41, 5.74) is 12.2. The van der Waals surface area contributed by atoms with Gasteiger partial charge in [-0.15, -0.1) is 0 Å². The van der Waals surface area contributed by atoms with Gasteiger partial charge in [0.2, 0.25) is 11.8 Å². The molecule has 4 N–H and O–H groups in total. The Balaban J connectivity index is 2.89. The molecule has 0 aliphatic carbocycles. The second-order valence-electron chi connectivity index (χ2n) is 4.58. The van der Waals surface area contributed by atoms with Crippen LogP contribution in [0.1, 0.15) is 33.2 Å². The highest BCUT2D eigenvalue weighted by molar-refractivity contribution is 6.04. The summed E-state index contributed by atoms with van der Waals surface area (Å²) in [7, 11) is 0. The summed E-state index contributed by atoms with van der Waals surface area (Å²) in [6.45, 7) is 1.80. The van der Waals surface area contributed by atoms with Gasteiger partial charge in [0.25, 0.3) is 0 Å². The van der Waals surface area contributed by atoms with Crippen LogP contribution >= 0.6 is 0 Å². The highest BCUT2D eigenvalue weighted by Gasteiger charge is 2.21. The van der Waals surface area contributed by atoms with E-state index in [4.69, 9.17) is 11.5 Å². The van der Waals surface area contributed by atoms with E-state index in [2.05, 4.69) is 0 Å². The zero-order chi connectivity index (χ0) is 15.6. The Morgan fingerprint density at radius 3 is 2.10 bits per heavy atom. The largest absolute Gasteiger partial charge is 0.366 e. The lowest BCUT2D eigenvalue weighted by atomic mass is 9.88. The summed E-state index contributed by atoms with van der Waals surface area (Å²) < 4.78 is 14.1. The number of benzene rings is 2. The summed E-state index contributed by atoms with van der Waals surface area (Å²) in [6, 6.07) is 8.89. The molecule has 0 aliphatic rings. The van der Waals surface area contributed by atoms with E-state index in [0.29, 0.717) is 17.5 Å². The molecule has 0 fully saturated rings. The molecule has 2 aromatic rings. The third-order valence-corrected chi connectivity index (χ3v) is 3.34. The van der Waals surface area contributed by atoms with Crippen molar-refractivity contribution in [2.75, 3.05) is 0 Å². The number of hydrogen-bond donors (Lipinski definition) is 2. The third kappa shape index (κ3) is 2.63. The Labute approximate surface area is 121 Å². The Bertz CT molecular complexity index is 726. The average molecular weight is 286 g/mol. The summed E-state index contributed by atoms with van der Waals surface area (Å²) in [4.78, 5) is 23.2. The van der Waals surface area contributed by atoms with Crippen LogP contribution < -0.4 is 11.5 Å². The second-order valence-corrected chi connectivity index (χ2v) is 4.58. The van der Waals surface area contributed by atoms with E-state index in [0.717, 1.165) is 0 Å². The molecule has 0 bridgehead atoms. The molecule has 0 saturated carbocycles. The fraction of sp³-hybridized carbons (Fsp3) is 0.125. The molecule has 0 unspecified atom stereocenters. The lowest BCUT2D eigenvalue weighted by Gasteiger charge is -2.16.